The number of fused-ring (bicyclic) bond motifs is 1. The Morgan fingerprint density at radius 3 is 2.82 bits per heavy atom. The molecule has 6 nitrogen and oxygen atoms in total. The first-order valence-corrected chi connectivity index (χ1v) is 6.89. The van der Waals surface area contributed by atoms with E-state index in [1.54, 1.807) is 7.11 Å². The number of nitrogens with zero attached hydrogens (tertiary/aromatic N) is 4. The van der Waals surface area contributed by atoms with Gasteiger partial charge in [-0.3, -0.25) is 4.68 Å². The number of carbonyl (C=O) groups is 1. The lowest BCUT2D eigenvalue weighted by molar-refractivity contribution is 0.414. The Morgan fingerprint density at radius 1 is 1.41 bits per heavy atom. The molecule has 0 fully saturated rings. The lowest BCUT2D eigenvalue weighted by atomic mass is 9.95. The molecule has 2 heterocycles. The number of nitriles is 1. The Morgan fingerprint density at radius 2 is 2.18 bits per heavy atom. The smallest absolute Gasteiger partial charge is 0.293 e. The molecule has 1 aliphatic rings. The van der Waals surface area contributed by atoms with Gasteiger partial charge in [-0.25, -0.2) is 0 Å². The summed E-state index contributed by atoms with van der Waals surface area (Å²) in [7, 11) is 3.13. The Labute approximate surface area is 129 Å². The molecular weight excluding hydrogens is 279 g/mol. The highest BCUT2D eigenvalue weighted by molar-refractivity contribution is 6.64. The van der Waals surface area contributed by atoms with Crippen LogP contribution in [0.25, 0.3) is 0 Å². The highest BCUT2D eigenvalue weighted by atomic mass is 16.5. The van der Waals surface area contributed by atoms with Gasteiger partial charge in [-0.1, -0.05) is 12.1 Å². The van der Waals surface area contributed by atoms with Gasteiger partial charge in [0.25, 0.3) is 7.41 Å². The molecule has 0 atom stereocenters. The second kappa shape index (κ2) is 6.04. The molecule has 1 aliphatic heterocycles. The maximum Gasteiger partial charge on any atom is 0.293 e. The van der Waals surface area contributed by atoms with E-state index in [1.165, 1.54) is 7.41 Å². The third-order valence-corrected chi connectivity index (χ3v) is 3.75. The normalized spacial score (nSPS) is 13.5. The number of aromatic nitrogens is 2. The highest BCUT2D eigenvalue weighted by Crippen LogP contribution is 2.25. The summed E-state index contributed by atoms with van der Waals surface area (Å²) in [6.45, 7) is 1.74. The van der Waals surface area contributed by atoms with Crippen LogP contribution in [0.2, 0.25) is 0 Å². The van der Waals surface area contributed by atoms with E-state index in [1.807, 2.05) is 33.8 Å². The van der Waals surface area contributed by atoms with Crippen molar-refractivity contribution in [2.24, 2.45) is 0 Å². The number of hydrogen-bond donors (Lipinski definition) is 0. The molecule has 3 rings (SSSR count). The number of carbonyl (C=O) groups excluding carboxylic acids is 1. The zero-order valence-electron chi connectivity index (χ0n) is 12.2. The Hall–Kier alpha value is -2.59. The van der Waals surface area contributed by atoms with E-state index in [0.717, 1.165) is 28.8 Å². The van der Waals surface area contributed by atoms with E-state index < -0.39 is 0 Å². The van der Waals surface area contributed by atoms with Crippen LogP contribution >= 0.6 is 0 Å². The summed E-state index contributed by atoms with van der Waals surface area (Å²) in [5.41, 5.74) is 3.42. The summed E-state index contributed by atoms with van der Waals surface area (Å²) in [6, 6.07) is 9.88. The molecule has 2 aromatic rings. The monoisotopic (exact) mass is 293 g/mol. The van der Waals surface area contributed by atoms with Crippen molar-refractivity contribution in [1.82, 2.24) is 14.6 Å². The van der Waals surface area contributed by atoms with Gasteiger partial charge in [-0.05, 0) is 17.7 Å². The van der Waals surface area contributed by atoms with E-state index in [9.17, 15) is 10.1 Å². The van der Waals surface area contributed by atoms with Crippen molar-refractivity contribution in [2.75, 3.05) is 7.11 Å². The zero-order valence-corrected chi connectivity index (χ0v) is 12.2. The number of hydrogen-bond acceptors (Lipinski definition) is 5. The minimum Gasteiger partial charge on any atom is -0.497 e. The molecule has 7 heteroatoms. The van der Waals surface area contributed by atoms with Crippen molar-refractivity contribution < 1.29 is 9.53 Å². The summed E-state index contributed by atoms with van der Waals surface area (Å²) in [4.78, 5) is 12.5. The van der Waals surface area contributed by atoms with Crippen molar-refractivity contribution >= 4 is 13.6 Å². The molecule has 0 saturated carbocycles. The van der Waals surface area contributed by atoms with E-state index in [4.69, 9.17) is 4.74 Å². The van der Waals surface area contributed by atoms with Crippen LogP contribution in [0.3, 0.4) is 0 Å². The lowest BCUT2D eigenvalue weighted by Gasteiger charge is -2.11. The lowest BCUT2D eigenvalue weighted by Crippen LogP contribution is -2.24. The maximum absolute atomic E-state index is 10.6. The molecule has 0 saturated heterocycles. The van der Waals surface area contributed by atoms with Crippen molar-refractivity contribution in [3.05, 3.63) is 46.8 Å². The zero-order chi connectivity index (χ0) is 15.5. The second-order valence-electron chi connectivity index (χ2n) is 5.08. The van der Waals surface area contributed by atoms with Crippen molar-refractivity contribution in [1.29, 1.82) is 5.26 Å². The highest BCUT2D eigenvalue weighted by Gasteiger charge is 2.27. The van der Waals surface area contributed by atoms with Gasteiger partial charge in [-0.2, -0.15) is 10.4 Å². The minimum atomic E-state index is 0.435. The number of ether oxygens (including phenoxy) is 1. The van der Waals surface area contributed by atoms with Gasteiger partial charge in [0.15, 0.2) is 5.69 Å². The quantitative estimate of drug-likeness (QED) is 0.606. The van der Waals surface area contributed by atoms with Crippen molar-refractivity contribution in [2.45, 2.75) is 19.6 Å². The SMILES string of the molecule is COc1ccc(Cn2nc(C#N)c3c2CN([B]C=O)C3)cc1. The molecular formula is C15H14BN4O2. The molecule has 1 radical (unpaired) electrons. The van der Waals surface area contributed by atoms with Gasteiger partial charge in [0.1, 0.15) is 11.8 Å². The largest absolute Gasteiger partial charge is 0.497 e. The predicted octanol–water partition coefficient (Wildman–Crippen LogP) is 0.937. The molecule has 0 amide bonds. The van der Waals surface area contributed by atoms with Gasteiger partial charge in [0, 0.05) is 18.7 Å². The molecule has 0 N–H and O–H groups in total. The average molecular weight is 293 g/mol. The molecule has 0 aliphatic carbocycles. The van der Waals surface area contributed by atoms with E-state index >= 15 is 0 Å². The topological polar surface area (TPSA) is 71.2 Å². The summed E-state index contributed by atoms with van der Waals surface area (Å²) >= 11 is 0. The Balaban J connectivity index is 1.86. The van der Waals surface area contributed by atoms with Gasteiger partial charge >= 0.3 is 0 Å². The second-order valence-corrected chi connectivity index (χ2v) is 5.08. The molecule has 0 unspecified atom stereocenters. The van der Waals surface area contributed by atoms with Crippen LogP contribution in [-0.4, -0.2) is 35.3 Å². The number of benzene rings is 1. The van der Waals surface area contributed by atoms with Crippen LogP contribution in [0.5, 0.6) is 5.75 Å². The third kappa shape index (κ3) is 2.61. The summed E-state index contributed by atoms with van der Waals surface area (Å²) < 4.78 is 6.99. The maximum atomic E-state index is 10.6. The summed E-state index contributed by atoms with van der Waals surface area (Å²) in [5.74, 6) is 0.805. The van der Waals surface area contributed by atoms with E-state index in [-0.39, 0.29) is 0 Å². The molecule has 22 heavy (non-hydrogen) atoms. The van der Waals surface area contributed by atoms with Crippen molar-refractivity contribution in [3.8, 4) is 11.8 Å². The predicted molar refractivity (Wildman–Crippen MR) is 80.8 cm³/mol. The fraction of sp³-hybridized carbons (Fsp3) is 0.267. The molecule has 109 valence electrons. The van der Waals surface area contributed by atoms with Crippen LogP contribution in [0.15, 0.2) is 24.3 Å². The number of methoxy groups -OCH3 is 1. The van der Waals surface area contributed by atoms with Gasteiger partial charge in [0.05, 0.1) is 25.5 Å². The van der Waals surface area contributed by atoms with Crippen LogP contribution in [0.1, 0.15) is 22.5 Å². The summed E-state index contributed by atoms with van der Waals surface area (Å²) in [6.07, 6.45) is 0.763. The van der Waals surface area contributed by atoms with Gasteiger partial charge in [0.2, 0.25) is 0 Å². The van der Waals surface area contributed by atoms with Crippen LogP contribution < -0.4 is 4.74 Å². The van der Waals surface area contributed by atoms with E-state index in [2.05, 4.69) is 11.2 Å². The van der Waals surface area contributed by atoms with Crippen LogP contribution in [0, 0.1) is 11.3 Å². The molecule has 1 aromatic carbocycles. The van der Waals surface area contributed by atoms with E-state index in [0.29, 0.717) is 25.3 Å². The Kier molecular flexibility index (Phi) is 3.94. The standard InChI is InChI=1S/C15H14BN4O2/c1-22-12-4-2-11(3-5-12)7-20-15-9-19(16-10-21)8-13(15)14(6-17)18-20/h2-5,10H,7-9H2,1H3. The molecule has 0 spiro atoms. The fourth-order valence-corrected chi connectivity index (χ4v) is 2.64. The van der Waals surface area contributed by atoms with Crippen LogP contribution in [0.4, 0.5) is 0 Å². The van der Waals surface area contributed by atoms with Crippen molar-refractivity contribution in [3.63, 3.8) is 0 Å². The summed E-state index contributed by atoms with van der Waals surface area (Å²) in [5, 5.41) is 13.6. The first-order chi connectivity index (χ1) is 10.7. The minimum absolute atomic E-state index is 0.435. The number of rotatable bonds is 5. The average Bonchev–Trinajstić information content (AvgIpc) is 3.08. The van der Waals surface area contributed by atoms with Gasteiger partial charge < -0.3 is 14.3 Å². The molecule has 0 bridgehead atoms. The molecule has 1 aromatic heterocycles. The third-order valence-electron chi connectivity index (χ3n) is 3.75. The fourth-order valence-electron chi connectivity index (χ4n) is 2.64. The first kappa shape index (κ1) is 14.4. The first-order valence-electron chi connectivity index (χ1n) is 6.89. The van der Waals surface area contributed by atoms with Gasteiger partial charge in [-0.15, -0.1) is 0 Å². The van der Waals surface area contributed by atoms with Crippen LogP contribution in [-0.2, 0) is 24.4 Å². The Bertz CT molecular complexity index is 733.